The number of carbonyl (C=O) groups is 1. The summed E-state index contributed by atoms with van der Waals surface area (Å²) in [5, 5.41) is 0. The lowest BCUT2D eigenvalue weighted by atomic mass is 10.1. The highest BCUT2D eigenvalue weighted by molar-refractivity contribution is 7.89. The van der Waals surface area contributed by atoms with Gasteiger partial charge in [-0.15, -0.1) is 0 Å². The van der Waals surface area contributed by atoms with Gasteiger partial charge in [0.15, 0.2) is 0 Å². The third kappa shape index (κ3) is 3.48. The second kappa shape index (κ2) is 6.76. The Morgan fingerprint density at radius 1 is 1.45 bits per heavy atom. The normalized spacial score (nSPS) is 18.7. The predicted molar refractivity (Wildman–Crippen MR) is 85.1 cm³/mol. The van der Waals surface area contributed by atoms with Crippen LogP contribution in [-0.2, 0) is 10.0 Å². The topological polar surface area (TPSA) is 92.5 Å². The van der Waals surface area contributed by atoms with E-state index in [4.69, 9.17) is 5.73 Å². The smallest absolute Gasteiger partial charge is 0.254 e. The van der Waals surface area contributed by atoms with Gasteiger partial charge in [-0.05, 0) is 43.5 Å². The summed E-state index contributed by atoms with van der Waals surface area (Å²) in [7, 11) is -3.56. The van der Waals surface area contributed by atoms with Crippen LogP contribution < -0.4 is 10.5 Å². The van der Waals surface area contributed by atoms with Crippen molar-refractivity contribution < 1.29 is 13.2 Å². The summed E-state index contributed by atoms with van der Waals surface area (Å²) in [6, 6.07) is 4.66. The van der Waals surface area contributed by atoms with Crippen LogP contribution in [0.3, 0.4) is 0 Å². The average Bonchev–Trinajstić information content (AvgIpc) is 2.95. The fourth-order valence-corrected chi connectivity index (χ4v) is 3.72. The molecular weight excluding hydrogens is 302 g/mol. The molecule has 1 amide bonds. The quantitative estimate of drug-likeness (QED) is 0.834. The van der Waals surface area contributed by atoms with Gasteiger partial charge in [-0.25, -0.2) is 13.1 Å². The van der Waals surface area contributed by atoms with Crippen LogP contribution in [0.2, 0.25) is 0 Å². The van der Waals surface area contributed by atoms with Crippen molar-refractivity contribution in [3.8, 4) is 0 Å². The van der Waals surface area contributed by atoms with E-state index in [1.54, 1.807) is 17.9 Å². The van der Waals surface area contributed by atoms with E-state index in [-0.39, 0.29) is 10.8 Å². The van der Waals surface area contributed by atoms with Crippen LogP contribution in [0.15, 0.2) is 23.1 Å². The lowest BCUT2D eigenvalue weighted by molar-refractivity contribution is 0.0786. The van der Waals surface area contributed by atoms with Crippen molar-refractivity contribution in [2.75, 3.05) is 26.2 Å². The van der Waals surface area contributed by atoms with Crippen molar-refractivity contribution >= 4 is 15.9 Å². The zero-order valence-corrected chi connectivity index (χ0v) is 13.8. The molecule has 3 N–H and O–H groups in total. The number of hydrogen-bond acceptors (Lipinski definition) is 4. The van der Waals surface area contributed by atoms with Crippen LogP contribution in [-0.4, -0.2) is 45.4 Å². The van der Waals surface area contributed by atoms with Crippen LogP contribution >= 0.6 is 0 Å². The molecule has 1 unspecified atom stereocenters. The Morgan fingerprint density at radius 2 is 2.18 bits per heavy atom. The van der Waals surface area contributed by atoms with Crippen LogP contribution in [0.1, 0.15) is 29.3 Å². The van der Waals surface area contributed by atoms with Gasteiger partial charge in [0.05, 0.1) is 4.90 Å². The van der Waals surface area contributed by atoms with Gasteiger partial charge in [-0.2, -0.15) is 0 Å². The Hall–Kier alpha value is -1.44. The van der Waals surface area contributed by atoms with Crippen molar-refractivity contribution in [3.05, 3.63) is 29.3 Å². The summed E-state index contributed by atoms with van der Waals surface area (Å²) in [5.74, 6) is 0.208. The molecule has 1 atom stereocenters. The predicted octanol–water partition coefficient (Wildman–Crippen LogP) is 0.714. The largest absolute Gasteiger partial charge is 0.338 e. The second-order valence-electron chi connectivity index (χ2n) is 5.62. The molecule has 22 heavy (non-hydrogen) atoms. The van der Waals surface area contributed by atoms with Crippen molar-refractivity contribution in [1.82, 2.24) is 9.62 Å². The Kier molecular flexibility index (Phi) is 5.20. The summed E-state index contributed by atoms with van der Waals surface area (Å²) in [4.78, 5) is 14.5. The highest BCUT2D eigenvalue weighted by Crippen LogP contribution is 2.21. The molecule has 2 rings (SSSR count). The molecule has 1 saturated heterocycles. The molecule has 0 bridgehead atoms. The van der Waals surface area contributed by atoms with Gasteiger partial charge in [-0.1, -0.05) is 13.0 Å². The molecule has 0 aromatic heterocycles. The first-order valence-corrected chi connectivity index (χ1v) is 8.97. The first-order valence-electron chi connectivity index (χ1n) is 7.48. The number of sulfonamides is 1. The Balaban J connectivity index is 2.29. The van der Waals surface area contributed by atoms with E-state index in [1.807, 2.05) is 6.92 Å². The molecule has 0 spiro atoms. The number of amides is 1. The van der Waals surface area contributed by atoms with E-state index in [1.165, 1.54) is 12.1 Å². The molecular formula is C15H23N3O3S. The third-order valence-electron chi connectivity index (χ3n) is 3.99. The molecule has 6 nitrogen and oxygen atoms in total. The number of nitrogens with one attached hydrogen (secondary N) is 1. The van der Waals surface area contributed by atoms with Crippen molar-refractivity contribution in [2.45, 2.75) is 25.2 Å². The highest BCUT2D eigenvalue weighted by Gasteiger charge is 2.27. The minimum Gasteiger partial charge on any atom is -0.338 e. The zero-order chi connectivity index (χ0) is 16.3. The summed E-state index contributed by atoms with van der Waals surface area (Å²) < 4.78 is 26.6. The van der Waals surface area contributed by atoms with Gasteiger partial charge in [0.1, 0.15) is 0 Å². The Morgan fingerprint density at radius 3 is 2.77 bits per heavy atom. The maximum absolute atomic E-state index is 12.6. The minimum atomic E-state index is -3.56. The monoisotopic (exact) mass is 325 g/mol. The van der Waals surface area contributed by atoms with Gasteiger partial charge in [0, 0.05) is 25.2 Å². The molecule has 0 radical (unpaired) electrons. The molecule has 0 aliphatic carbocycles. The zero-order valence-electron chi connectivity index (χ0n) is 13.0. The number of hydrogen-bond donors (Lipinski definition) is 2. The van der Waals surface area contributed by atoms with Crippen molar-refractivity contribution in [1.29, 1.82) is 0 Å². The minimum absolute atomic E-state index is 0.123. The van der Waals surface area contributed by atoms with Crippen molar-refractivity contribution in [2.24, 2.45) is 11.7 Å². The van der Waals surface area contributed by atoms with Crippen LogP contribution in [0.4, 0.5) is 0 Å². The molecule has 1 heterocycles. The van der Waals surface area contributed by atoms with Crippen molar-refractivity contribution in [3.63, 3.8) is 0 Å². The lowest BCUT2D eigenvalue weighted by Crippen LogP contribution is -2.31. The third-order valence-corrected chi connectivity index (χ3v) is 5.53. The number of likely N-dealkylation sites (tertiary alicyclic amines) is 1. The standard InChI is InChI=1S/C15H23N3O3S/c1-3-17-22(20,21)13-5-4-11(2)14(8-13)15(19)18-7-6-12(9-16)10-18/h4-5,8,12,17H,3,6-7,9-10,16H2,1-2H3. The van der Waals surface area contributed by atoms with Gasteiger partial charge < -0.3 is 10.6 Å². The summed E-state index contributed by atoms with van der Waals surface area (Å²) in [6.45, 7) is 5.72. The lowest BCUT2D eigenvalue weighted by Gasteiger charge is -2.18. The van der Waals surface area contributed by atoms with Gasteiger partial charge >= 0.3 is 0 Å². The van der Waals surface area contributed by atoms with Crippen LogP contribution in [0, 0.1) is 12.8 Å². The van der Waals surface area contributed by atoms with E-state index in [9.17, 15) is 13.2 Å². The SMILES string of the molecule is CCNS(=O)(=O)c1ccc(C)c(C(=O)N2CCC(CN)C2)c1. The van der Waals surface area contributed by atoms with E-state index in [0.29, 0.717) is 37.7 Å². The Labute approximate surface area is 131 Å². The van der Waals surface area contributed by atoms with E-state index >= 15 is 0 Å². The number of benzene rings is 1. The molecule has 1 fully saturated rings. The second-order valence-corrected chi connectivity index (χ2v) is 7.39. The highest BCUT2D eigenvalue weighted by atomic mass is 32.2. The van der Waals surface area contributed by atoms with Gasteiger partial charge in [-0.3, -0.25) is 4.79 Å². The Bertz CT molecular complexity index is 658. The van der Waals surface area contributed by atoms with E-state index in [0.717, 1.165) is 12.0 Å². The van der Waals surface area contributed by atoms with Gasteiger partial charge in [0.25, 0.3) is 5.91 Å². The van der Waals surface area contributed by atoms with E-state index in [2.05, 4.69) is 4.72 Å². The average molecular weight is 325 g/mol. The van der Waals surface area contributed by atoms with Crippen LogP contribution in [0.5, 0.6) is 0 Å². The number of nitrogens with zero attached hydrogens (tertiary/aromatic N) is 1. The molecule has 1 aromatic carbocycles. The molecule has 1 aliphatic rings. The fourth-order valence-electron chi connectivity index (χ4n) is 2.65. The number of aryl methyl sites for hydroxylation is 1. The maximum atomic E-state index is 12.6. The molecule has 1 aliphatic heterocycles. The number of nitrogens with two attached hydrogens (primary N) is 1. The fraction of sp³-hybridized carbons (Fsp3) is 0.533. The summed E-state index contributed by atoms with van der Waals surface area (Å²) in [6.07, 6.45) is 0.899. The van der Waals surface area contributed by atoms with Crippen LogP contribution in [0.25, 0.3) is 0 Å². The van der Waals surface area contributed by atoms with Gasteiger partial charge in [0.2, 0.25) is 10.0 Å². The first kappa shape index (κ1) is 16.9. The summed E-state index contributed by atoms with van der Waals surface area (Å²) >= 11 is 0. The maximum Gasteiger partial charge on any atom is 0.254 e. The molecule has 122 valence electrons. The summed E-state index contributed by atoms with van der Waals surface area (Å²) in [5.41, 5.74) is 6.87. The van der Waals surface area contributed by atoms with E-state index < -0.39 is 10.0 Å². The molecule has 1 aromatic rings. The first-order chi connectivity index (χ1) is 10.4. The number of carbonyl (C=O) groups excluding carboxylic acids is 1. The molecule has 7 heteroatoms. The molecule has 0 saturated carbocycles. The number of rotatable bonds is 5.